The Morgan fingerprint density at radius 1 is 1.27 bits per heavy atom. The lowest BCUT2D eigenvalue weighted by atomic mass is 9.77. The van der Waals surface area contributed by atoms with Crippen molar-refractivity contribution >= 4 is 17.6 Å². The van der Waals surface area contributed by atoms with E-state index in [1.807, 2.05) is 0 Å². The van der Waals surface area contributed by atoms with Crippen LogP contribution in [0.15, 0.2) is 0 Å². The first kappa shape index (κ1) is 21.0. The summed E-state index contributed by atoms with van der Waals surface area (Å²) >= 11 is 0. The summed E-state index contributed by atoms with van der Waals surface area (Å²) in [6.07, 6.45) is 3.39. The number of ether oxygens (including phenoxy) is 1. The summed E-state index contributed by atoms with van der Waals surface area (Å²) < 4.78 is 5.71. The number of amides is 2. The van der Waals surface area contributed by atoms with Gasteiger partial charge in [-0.3, -0.25) is 9.59 Å². The van der Waals surface area contributed by atoms with Crippen molar-refractivity contribution in [3.05, 3.63) is 17.1 Å². The highest BCUT2D eigenvalue weighted by Gasteiger charge is 2.44. The molecule has 1 aromatic rings. The average Bonchev–Trinajstić information content (AvgIpc) is 3.09. The molecule has 0 aromatic carbocycles. The average molecular weight is 416 g/mol. The van der Waals surface area contributed by atoms with Crippen molar-refractivity contribution < 1.29 is 14.3 Å². The monoisotopic (exact) mass is 415 g/mol. The smallest absolute Gasteiger partial charge is 0.270 e. The summed E-state index contributed by atoms with van der Waals surface area (Å²) in [4.78, 5) is 36.0. The van der Waals surface area contributed by atoms with Gasteiger partial charge in [0, 0.05) is 45.7 Å². The third-order valence-corrected chi connectivity index (χ3v) is 6.61. The van der Waals surface area contributed by atoms with E-state index < -0.39 is 0 Å². The molecule has 3 aliphatic rings. The Bertz CT molecular complexity index is 827. The lowest BCUT2D eigenvalue weighted by molar-refractivity contribution is -0.121. The fraction of sp³-hybridized carbons (Fsp3) is 0.727. The first-order chi connectivity index (χ1) is 14.4. The second-order valence-corrected chi connectivity index (χ2v) is 9.37. The molecular weight excluding hydrogens is 382 g/mol. The minimum Gasteiger partial charge on any atom is -0.379 e. The Balaban J connectivity index is 1.61. The van der Waals surface area contributed by atoms with Crippen molar-refractivity contribution in [2.24, 2.45) is 17.8 Å². The van der Waals surface area contributed by atoms with Crippen LogP contribution < -0.4 is 15.5 Å². The number of nitrogens with one attached hydrogen (secondary N) is 2. The third-order valence-electron chi connectivity index (χ3n) is 6.61. The second kappa shape index (κ2) is 8.49. The van der Waals surface area contributed by atoms with E-state index in [4.69, 9.17) is 9.72 Å². The molecule has 0 unspecified atom stereocenters. The third kappa shape index (κ3) is 4.15. The van der Waals surface area contributed by atoms with Gasteiger partial charge in [-0.25, -0.2) is 9.97 Å². The van der Waals surface area contributed by atoms with Gasteiger partial charge >= 0.3 is 0 Å². The largest absolute Gasteiger partial charge is 0.379 e. The molecule has 2 amide bonds. The van der Waals surface area contributed by atoms with Crippen molar-refractivity contribution in [3.8, 4) is 0 Å². The molecule has 1 saturated carbocycles. The van der Waals surface area contributed by atoms with Crippen LogP contribution in [-0.2, 0) is 22.4 Å². The van der Waals surface area contributed by atoms with Crippen LogP contribution in [0.1, 0.15) is 55.5 Å². The maximum atomic E-state index is 12.5. The molecule has 0 radical (unpaired) electrons. The highest BCUT2D eigenvalue weighted by molar-refractivity contribution is 5.96. The van der Waals surface area contributed by atoms with Gasteiger partial charge in [-0.05, 0) is 37.0 Å². The van der Waals surface area contributed by atoms with E-state index in [1.165, 1.54) is 0 Å². The molecule has 2 N–H and O–H groups in total. The van der Waals surface area contributed by atoms with Crippen LogP contribution in [0, 0.1) is 17.8 Å². The Morgan fingerprint density at radius 3 is 2.67 bits per heavy atom. The molecule has 4 rings (SSSR count). The zero-order valence-electron chi connectivity index (χ0n) is 18.4. The van der Waals surface area contributed by atoms with E-state index in [1.54, 1.807) is 14.0 Å². The Labute approximate surface area is 178 Å². The van der Waals surface area contributed by atoms with E-state index in [2.05, 4.69) is 34.4 Å². The Kier molecular flexibility index (Phi) is 5.95. The summed E-state index contributed by atoms with van der Waals surface area (Å²) in [5, 5.41) is 5.99. The van der Waals surface area contributed by atoms with Gasteiger partial charge in [0.15, 0.2) is 0 Å². The zero-order valence-corrected chi connectivity index (χ0v) is 18.4. The normalized spacial score (nSPS) is 28.2. The summed E-state index contributed by atoms with van der Waals surface area (Å²) in [6.45, 7) is 8.27. The molecule has 8 nitrogen and oxygen atoms in total. The van der Waals surface area contributed by atoms with E-state index in [9.17, 15) is 9.59 Å². The first-order valence-corrected chi connectivity index (χ1v) is 11.1. The van der Waals surface area contributed by atoms with Crippen molar-refractivity contribution in [2.45, 2.75) is 58.6 Å². The van der Waals surface area contributed by atoms with Gasteiger partial charge in [-0.1, -0.05) is 13.8 Å². The number of nitrogens with zero attached hydrogens (tertiary/aromatic N) is 3. The number of methoxy groups -OCH3 is 1. The molecule has 8 heteroatoms. The minimum absolute atomic E-state index is 0.00966. The first-order valence-electron chi connectivity index (χ1n) is 11.1. The summed E-state index contributed by atoms with van der Waals surface area (Å²) in [5.74, 6) is 2.98. The summed E-state index contributed by atoms with van der Waals surface area (Å²) in [6, 6.07) is 0.0512. The number of rotatable bonds is 5. The SMILES string of the molecule is CO[C@H]1C[C@@H]2CN(c3nc(CC(C)C)nc4c3CCNC4=O)C[C@@H]2C[C@@H]1NC(C)=O. The van der Waals surface area contributed by atoms with E-state index in [0.717, 1.165) is 56.0 Å². The van der Waals surface area contributed by atoms with Gasteiger partial charge in [0.05, 0.1) is 12.1 Å². The van der Waals surface area contributed by atoms with E-state index >= 15 is 0 Å². The maximum Gasteiger partial charge on any atom is 0.270 e. The molecule has 2 fully saturated rings. The van der Waals surface area contributed by atoms with Gasteiger partial charge < -0.3 is 20.3 Å². The molecule has 0 bridgehead atoms. The lowest BCUT2D eigenvalue weighted by Gasteiger charge is -2.37. The van der Waals surface area contributed by atoms with Crippen LogP contribution in [0.25, 0.3) is 0 Å². The number of hydrogen-bond donors (Lipinski definition) is 2. The van der Waals surface area contributed by atoms with Crippen LogP contribution in [0.2, 0.25) is 0 Å². The number of hydrogen-bond acceptors (Lipinski definition) is 6. The molecule has 4 atom stereocenters. The van der Waals surface area contributed by atoms with Crippen LogP contribution in [0.4, 0.5) is 5.82 Å². The van der Waals surface area contributed by atoms with Gasteiger partial charge in [-0.15, -0.1) is 0 Å². The van der Waals surface area contributed by atoms with Crippen LogP contribution in [0.5, 0.6) is 0 Å². The minimum atomic E-state index is -0.0910. The van der Waals surface area contributed by atoms with Gasteiger partial charge in [0.2, 0.25) is 5.91 Å². The highest BCUT2D eigenvalue weighted by Crippen LogP contribution is 2.40. The predicted octanol–water partition coefficient (Wildman–Crippen LogP) is 1.33. The van der Waals surface area contributed by atoms with Gasteiger partial charge in [0.1, 0.15) is 17.3 Å². The highest BCUT2D eigenvalue weighted by atomic mass is 16.5. The topological polar surface area (TPSA) is 96.4 Å². The molecule has 1 aromatic heterocycles. The molecule has 30 heavy (non-hydrogen) atoms. The number of anilines is 1. The number of carbonyl (C=O) groups excluding carboxylic acids is 2. The maximum absolute atomic E-state index is 12.5. The molecule has 3 heterocycles. The van der Waals surface area contributed by atoms with Crippen molar-refractivity contribution in [3.63, 3.8) is 0 Å². The van der Waals surface area contributed by atoms with E-state index in [0.29, 0.717) is 30.0 Å². The number of fused-ring (bicyclic) bond motifs is 2. The van der Waals surface area contributed by atoms with Gasteiger partial charge in [-0.2, -0.15) is 0 Å². The second-order valence-electron chi connectivity index (χ2n) is 9.37. The van der Waals surface area contributed by atoms with Crippen LogP contribution in [0.3, 0.4) is 0 Å². The number of carbonyl (C=O) groups is 2. The standard InChI is InChI=1S/C22H33N5O3/c1-12(2)7-19-25-20-16(5-6-23-22(20)29)21(26-19)27-10-14-8-17(24-13(3)28)18(30-4)9-15(14)11-27/h12,14-15,17-18H,5-11H2,1-4H3,(H,23,29)(H,24,28)/t14-,15+,17-,18-/m0/s1. The summed E-state index contributed by atoms with van der Waals surface area (Å²) in [5.41, 5.74) is 1.52. The molecule has 1 saturated heterocycles. The fourth-order valence-corrected chi connectivity index (χ4v) is 5.30. The van der Waals surface area contributed by atoms with Crippen molar-refractivity contribution in [2.75, 3.05) is 31.6 Å². The lowest BCUT2D eigenvalue weighted by Crippen LogP contribution is -2.49. The van der Waals surface area contributed by atoms with Crippen molar-refractivity contribution in [1.82, 2.24) is 20.6 Å². The van der Waals surface area contributed by atoms with Crippen LogP contribution in [-0.4, -0.2) is 60.7 Å². The zero-order chi connectivity index (χ0) is 21.4. The molecule has 1 aliphatic carbocycles. The van der Waals surface area contributed by atoms with Gasteiger partial charge in [0.25, 0.3) is 5.91 Å². The summed E-state index contributed by atoms with van der Waals surface area (Å²) in [7, 11) is 1.73. The fourth-order valence-electron chi connectivity index (χ4n) is 5.30. The molecule has 2 aliphatic heterocycles. The molecule has 164 valence electrons. The Hall–Kier alpha value is -2.22. The molecule has 0 spiro atoms. The number of aromatic nitrogens is 2. The Morgan fingerprint density at radius 2 is 2.00 bits per heavy atom. The van der Waals surface area contributed by atoms with Crippen molar-refractivity contribution in [1.29, 1.82) is 0 Å². The molecular formula is C22H33N5O3. The van der Waals surface area contributed by atoms with E-state index in [-0.39, 0.29) is 24.0 Å². The predicted molar refractivity (Wildman–Crippen MR) is 113 cm³/mol. The quantitative estimate of drug-likeness (QED) is 0.753. The van der Waals surface area contributed by atoms with Crippen LogP contribution >= 0.6 is 0 Å².